The molecule has 0 aromatic heterocycles. The van der Waals surface area contributed by atoms with Crippen LogP contribution in [0.1, 0.15) is 31.2 Å². The molecule has 0 bridgehead atoms. The van der Waals surface area contributed by atoms with Crippen molar-refractivity contribution in [1.82, 2.24) is 4.90 Å². The summed E-state index contributed by atoms with van der Waals surface area (Å²) in [6.07, 6.45) is 1.91. The maximum Gasteiger partial charge on any atom is 0.229 e. The minimum absolute atomic E-state index is 0.119. The van der Waals surface area contributed by atoms with Crippen LogP contribution in [-0.4, -0.2) is 30.0 Å². The van der Waals surface area contributed by atoms with Gasteiger partial charge in [-0.05, 0) is 13.1 Å². The molecule has 2 amide bonds. The van der Waals surface area contributed by atoms with E-state index in [0.717, 1.165) is 5.56 Å². The van der Waals surface area contributed by atoms with Crippen LogP contribution in [0.25, 0.3) is 5.70 Å². The number of hydrogen-bond donors (Lipinski definition) is 1. The highest BCUT2D eigenvalue weighted by atomic mass is 16.2. The largest absolute Gasteiger partial charge is 0.400 e. The Morgan fingerprint density at radius 2 is 1.81 bits per heavy atom. The van der Waals surface area contributed by atoms with E-state index >= 15 is 0 Å². The maximum atomic E-state index is 11.7. The molecule has 1 aliphatic rings. The third-order valence-corrected chi connectivity index (χ3v) is 3.50. The molecule has 1 aromatic rings. The highest BCUT2D eigenvalue weighted by molar-refractivity contribution is 5.97. The van der Waals surface area contributed by atoms with Crippen LogP contribution >= 0.6 is 0 Å². The number of nitrogens with zero attached hydrogens (tertiary/aromatic N) is 2. The van der Waals surface area contributed by atoms with E-state index in [4.69, 9.17) is 5.73 Å². The highest BCUT2D eigenvalue weighted by Gasteiger charge is 2.25. The number of amides is 2. The molecule has 1 fully saturated rings. The average Bonchev–Trinajstić information content (AvgIpc) is 2.48. The zero-order valence-electron chi connectivity index (χ0n) is 11.9. The quantitative estimate of drug-likeness (QED) is 0.663. The van der Waals surface area contributed by atoms with Gasteiger partial charge >= 0.3 is 0 Å². The van der Waals surface area contributed by atoms with Crippen LogP contribution in [0.3, 0.4) is 0 Å². The summed E-state index contributed by atoms with van der Waals surface area (Å²) in [5.41, 5.74) is 8.08. The lowest BCUT2D eigenvalue weighted by Crippen LogP contribution is -2.41. The first-order valence-electron chi connectivity index (χ1n) is 6.97. The van der Waals surface area contributed by atoms with E-state index in [1.165, 1.54) is 4.90 Å². The van der Waals surface area contributed by atoms with Crippen LogP contribution in [-0.2, 0) is 9.59 Å². The lowest BCUT2D eigenvalue weighted by Gasteiger charge is -2.25. The van der Waals surface area contributed by atoms with Crippen molar-refractivity contribution in [3.63, 3.8) is 0 Å². The highest BCUT2D eigenvalue weighted by Crippen LogP contribution is 2.20. The normalized spacial score (nSPS) is 16.7. The van der Waals surface area contributed by atoms with Gasteiger partial charge in [0, 0.05) is 37.1 Å². The number of carbonyl (C=O) groups excluding carboxylic acids is 2. The Kier molecular flexibility index (Phi) is 4.87. The molecular weight excluding hydrogens is 266 g/mol. The number of hydrogen-bond acceptors (Lipinski definition) is 4. The fourth-order valence-electron chi connectivity index (χ4n) is 2.37. The van der Waals surface area contributed by atoms with Crippen molar-refractivity contribution in [2.75, 3.05) is 6.54 Å². The molecule has 0 atom stereocenters. The molecule has 1 aromatic carbocycles. The van der Waals surface area contributed by atoms with E-state index in [2.05, 4.69) is 11.7 Å². The van der Waals surface area contributed by atoms with Crippen LogP contribution in [0, 0.1) is 0 Å². The molecule has 0 radical (unpaired) electrons. The number of imide groups is 1. The summed E-state index contributed by atoms with van der Waals surface area (Å²) in [4.78, 5) is 28.7. The van der Waals surface area contributed by atoms with Gasteiger partial charge in [0.1, 0.15) is 0 Å². The SMILES string of the molecule is C=N/C(=C(\N)CCN1C(=O)CCCC1=O)c1ccccc1. The first kappa shape index (κ1) is 15.0. The number of aliphatic imine (C=N–C) groups is 1. The zero-order valence-corrected chi connectivity index (χ0v) is 11.9. The van der Waals surface area contributed by atoms with Gasteiger partial charge in [-0.1, -0.05) is 30.3 Å². The van der Waals surface area contributed by atoms with Gasteiger partial charge in [0.05, 0.1) is 5.70 Å². The topological polar surface area (TPSA) is 75.8 Å². The van der Waals surface area contributed by atoms with Gasteiger partial charge in [-0.25, -0.2) is 0 Å². The molecule has 1 saturated heterocycles. The molecule has 0 spiro atoms. The van der Waals surface area contributed by atoms with Crippen molar-refractivity contribution >= 4 is 24.2 Å². The third-order valence-electron chi connectivity index (χ3n) is 3.50. The van der Waals surface area contributed by atoms with Gasteiger partial charge in [0.25, 0.3) is 0 Å². The molecule has 2 N–H and O–H groups in total. The third kappa shape index (κ3) is 3.56. The van der Waals surface area contributed by atoms with Crippen molar-refractivity contribution in [2.24, 2.45) is 10.7 Å². The molecule has 5 heteroatoms. The Bertz CT molecular complexity index is 562. The second-order valence-electron chi connectivity index (χ2n) is 4.94. The van der Waals surface area contributed by atoms with Crippen molar-refractivity contribution in [1.29, 1.82) is 0 Å². The number of benzene rings is 1. The molecule has 1 aliphatic heterocycles. The van der Waals surface area contributed by atoms with E-state index < -0.39 is 0 Å². The fraction of sp³-hybridized carbons (Fsp3) is 0.312. The molecule has 21 heavy (non-hydrogen) atoms. The second kappa shape index (κ2) is 6.83. The molecule has 2 rings (SSSR count). The van der Waals surface area contributed by atoms with Gasteiger partial charge < -0.3 is 5.73 Å². The first-order valence-corrected chi connectivity index (χ1v) is 6.97. The van der Waals surface area contributed by atoms with Gasteiger partial charge in [-0.3, -0.25) is 19.5 Å². The Labute approximate surface area is 124 Å². The Balaban J connectivity index is 2.10. The fourth-order valence-corrected chi connectivity index (χ4v) is 2.37. The average molecular weight is 285 g/mol. The molecule has 1 heterocycles. The smallest absolute Gasteiger partial charge is 0.229 e. The van der Waals surface area contributed by atoms with E-state index in [-0.39, 0.29) is 11.8 Å². The summed E-state index contributed by atoms with van der Waals surface area (Å²) in [6, 6.07) is 9.49. The molecule has 0 saturated carbocycles. The second-order valence-corrected chi connectivity index (χ2v) is 4.94. The minimum Gasteiger partial charge on any atom is -0.400 e. The van der Waals surface area contributed by atoms with Crippen molar-refractivity contribution in [2.45, 2.75) is 25.7 Å². The standard InChI is InChI=1S/C16H19N3O2/c1-18-16(12-6-3-2-4-7-12)13(17)10-11-19-14(20)8-5-9-15(19)21/h2-4,6-7H,1,5,8-11,17H2/b16-13-. The molecule has 0 unspecified atom stereocenters. The van der Waals surface area contributed by atoms with Crippen LogP contribution in [0.15, 0.2) is 41.0 Å². The summed E-state index contributed by atoms with van der Waals surface area (Å²) in [5, 5.41) is 0. The van der Waals surface area contributed by atoms with Crippen molar-refractivity contribution < 1.29 is 9.59 Å². The van der Waals surface area contributed by atoms with Crippen molar-refractivity contribution in [3.05, 3.63) is 41.6 Å². The lowest BCUT2D eigenvalue weighted by molar-refractivity contribution is -0.147. The Morgan fingerprint density at radius 3 is 2.38 bits per heavy atom. The zero-order chi connectivity index (χ0) is 15.2. The molecular formula is C16H19N3O2. The predicted molar refractivity (Wildman–Crippen MR) is 82.3 cm³/mol. The number of piperidine rings is 1. The maximum absolute atomic E-state index is 11.7. The molecule has 0 aliphatic carbocycles. The summed E-state index contributed by atoms with van der Waals surface area (Å²) in [5.74, 6) is -0.237. The molecule has 110 valence electrons. The summed E-state index contributed by atoms with van der Waals surface area (Å²) >= 11 is 0. The monoisotopic (exact) mass is 285 g/mol. The number of likely N-dealkylation sites (tertiary alicyclic amines) is 1. The van der Waals surface area contributed by atoms with Gasteiger partial charge in [0.2, 0.25) is 11.8 Å². The van der Waals surface area contributed by atoms with Crippen LogP contribution in [0.2, 0.25) is 0 Å². The number of nitrogens with two attached hydrogens (primary N) is 1. The van der Waals surface area contributed by atoms with E-state index in [0.29, 0.717) is 43.6 Å². The Morgan fingerprint density at radius 1 is 1.19 bits per heavy atom. The van der Waals surface area contributed by atoms with Gasteiger partial charge in [-0.15, -0.1) is 0 Å². The van der Waals surface area contributed by atoms with Crippen LogP contribution in [0.5, 0.6) is 0 Å². The summed E-state index contributed by atoms with van der Waals surface area (Å²) in [6.45, 7) is 3.85. The lowest BCUT2D eigenvalue weighted by atomic mass is 10.1. The van der Waals surface area contributed by atoms with Gasteiger partial charge in [0.15, 0.2) is 0 Å². The molecule has 5 nitrogen and oxygen atoms in total. The van der Waals surface area contributed by atoms with Crippen LogP contribution < -0.4 is 5.73 Å². The van der Waals surface area contributed by atoms with Crippen LogP contribution in [0.4, 0.5) is 0 Å². The van der Waals surface area contributed by atoms with E-state index in [1.807, 2.05) is 30.3 Å². The number of rotatable bonds is 5. The number of carbonyl (C=O) groups is 2. The van der Waals surface area contributed by atoms with E-state index in [1.54, 1.807) is 0 Å². The summed E-state index contributed by atoms with van der Waals surface area (Å²) in [7, 11) is 0. The Hall–Kier alpha value is -2.43. The summed E-state index contributed by atoms with van der Waals surface area (Å²) < 4.78 is 0. The first-order chi connectivity index (χ1) is 10.1. The predicted octanol–water partition coefficient (Wildman–Crippen LogP) is 1.94. The van der Waals surface area contributed by atoms with Crippen molar-refractivity contribution in [3.8, 4) is 0 Å². The van der Waals surface area contributed by atoms with E-state index in [9.17, 15) is 9.59 Å². The van der Waals surface area contributed by atoms with Gasteiger partial charge in [-0.2, -0.15) is 0 Å². The minimum atomic E-state index is -0.119.